The van der Waals surface area contributed by atoms with Crippen LogP contribution < -0.4 is 5.32 Å². The third-order valence-corrected chi connectivity index (χ3v) is 5.75. The van der Waals surface area contributed by atoms with Gasteiger partial charge in [0, 0.05) is 53.0 Å². The summed E-state index contributed by atoms with van der Waals surface area (Å²) in [7, 11) is 2.18. The summed E-state index contributed by atoms with van der Waals surface area (Å²) in [6.07, 6.45) is 6.22. The van der Waals surface area contributed by atoms with Crippen LogP contribution in [0.2, 0.25) is 0 Å². The fourth-order valence-electron chi connectivity index (χ4n) is 4.44. The van der Waals surface area contributed by atoms with Gasteiger partial charge in [0.1, 0.15) is 0 Å². The number of hydrogen-bond acceptors (Lipinski definition) is 3. The third kappa shape index (κ3) is 7.83. The first-order chi connectivity index (χ1) is 12.6. The number of nitrogens with zero attached hydrogens (tertiary/aromatic N) is 3. The van der Waals surface area contributed by atoms with E-state index in [9.17, 15) is 0 Å². The first-order valence-electron chi connectivity index (χ1n) is 10.9. The fourth-order valence-corrected chi connectivity index (χ4v) is 4.44. The molecule has 5 nitrogen and oxygen atoms in total. The second-order valence-electron chi connectivity index (χ2n) is 8.56. The number of guanidine groups is 1. The van der Waals surface area contributed by atoms with E-state index in [1.54, 1.807) is 0 Å². The molecule has 2 aliphatic rings. The number of hydrogen-bond donors (Lipinski definition) is 1. The lowest BCUT2D eigenvalue weighted by atomic mass is 9.92. The van der Waals surface area contributed by atoms with E-state index in [4.69, 9.17) is 9.73 Å². The van der Waals surface area contributed by atoms with Crippen LogP contribution in [0.4, 0.5) is 0 Å². The van der Waals surface area contributed by atoms with Gasteiger partial charge in [-0.05, 0) is 63.3 Å². The second-order valence-corrected chi connectivity index (χ2v) is 8.56. The molecule has 0 bridgehead atoms. The number of nitrogens with one attached hydrogen (secondary N) is 1. The van der Waals surface area contributed by atoms with Crippen LogP contribution in [0.3, 0.4) is 0 Å². The van der Waals surface area contributed by atoms with Crippen LogP contribution in [0, 0.1) is 17.8 Å². The summed E-state index contributed by atoms with van der Waals surface area (Å²) in [5.41, 5.74) is 0. The van der Waals surface area contributed by atoms with Crippen LogP contribution in [-0.4, -0.2) is 75.3 Å². The molecule has 5 heteroatoms. The van der Waals surface area contributed by atoms with Gasteiger partial charge in [-0.3, -0.25) is 4.99 Å². The summed E-state index contributed by atoms with van der Waals surface area (Å²) < 4.78 is 5.47. The van der Waals surface area contributed by atoms with Crippen molar-refractivity contribution >= 4 is 5.96 Å². The van der Waals surface area contributed by atoms with Crippen LogP contribution in [0.15, 0.2) is 4.99 Å². The van der Waals surface area contributed by atoms with Crippen LogP contribution in [0.1, 0.15) is 52.9 Å². The first-order valence-corrected chi connectivity index (χ1v) is 10.9. The van der Waals surface area contributed by atoms with E-state index in [0.717, 1.165) is 63.0 Å². The molecular formula is C21H42N4O. The second kappa shape index (κ2) is 11.8. The average molecular weight is 367 g/mol. The molecule has 0 aliphatic carbocycles. The molecule has 0 radical (unpaired) electrons. The Kier molecular flexibility index (Phi) is 9.76. The van der Waals surface area contributed by atoms with Gasteiger partial charge in [-0.15, -0.1) is 0 Å². The van der Waals surface area contributed by atoms with E-state index in [0.29, 0.717) is 0 Å². The van der Waals surface area contributed by atoms with Gasteiger partial charge < -0.3 is 19.9 Å². The molecule has 2 atom stereocenters. The normalized spacial score (nSPS) is 26.1. The molecule has 152 valence electrons. The first kappa shape index (κ1) is 21.5. The molecule has 0 saturated carbocycles. The number of ether oxygens (including phenoxy) is 1. The Hall–Kier alpha value is -0.810. The zero-order chi connectivity index (χ0) is 18.8. The van der Waals surface area contributed by atoms with Crippen molar-refractivity contribution in [2.24, 2.45) is 22.7 Å². The van der Waals surface area contributed by atoms with Crippen LogP contribution in [-0.2, 0) is 4.74 Å². The van der Waals surface area contributed by atoms with Crippen molar-refractivity contribution < 1.29 is 4.74 Å². The molecule has 26 heavy (non-hydrogen) atoms. The summed E-state index contributed by atoms with van der Waals surface area (Å²) in [4.78, 5) is 9.82. The van der Waals surface area contributed by atoms with Crippen LogP contribution in [0.25, 0.3) is 0 Å². The largest absolute Gasteiger partial charge is 0.381 e. The molecule has 1 N–H and O–H groups in total. The maximum Gasteiger partial charge on any atom is 0.193 e. The van der Waals surface area contributed by atoms with Gasteiger partial charge in [-0.2, -0.15) is 0 Å². The Morgan fingerprint density at radius 1 is 1.19 bits per heavy atom. The molecule has 0 spiro atoms. The summed E-state index contributed by atoms with van der Waals surface area (Å²) in [6, 6.07) is 0. The van der Waals surface area contributed by atoms with Crippen molar-refractivity contribution in [3.05, 3.63) is 0 Å². The molecule has 2 fully saturated rings. The maximum absolute atomic E-state index is 5.47. The molecule has 0 amide bonds. The van der Waals surface area contributed by atoms with Gasteiger partial charge in [0.25, 0.3) is 0 Å². The zero-order valence-electron chi connectivity index (χ0n) is 17.7. The summed E-state index contributed by atoms with van der Waals surface area (Å²) >= 11 is 0. The van der Waals surface area contributed by atoms with E-state index in [1.165, 1.54) is 45.3 Å². The maximum atomic E-state index is 5.47. The lowest BCUT2D eigenvalue weighted by molar-refractivity contribution is 0.0625. The predicted octanol–water partition coefficient (Wildman–Crippen LogP) is 3.07. The van der Waals surface area contributed by atoms with Crippen molar-refractivity contribution in [1.29, 1.82) is 0 Å². The van der Waals surface area contributed by atoms with E-state index in [2.05, 4.69) is 42.9 Å². The molecule has 2 rings (SSSR count). The Balaban J connectivity index is 1.70. The van der Waals surface area contributed by atoms with Crippen molar-refractivity contribution in [1.82, 2.24) is 15.1 Å². The molecule has 0 aromatic carbocycles. The predicted molar refractivity (Wildman–Crippen MR) is 111 cm³/mol. The smallest absolute Gasteiger partial charge is 0.193 e. The quantitative estimate of drug-likeness (QED) is 0.407. The van der Waals surface area contributed by atoms with Gasteiger partial charge in [-0.1, -0.05) is 13.8 Å². The highest BCUT2D eigenvalue weighted by Crippen LogP contribution is 2.21. The summed E-state index contributed by atoms with van der Waals surface area (Å²) in [6.45, 7) is 15.4. The van der Waals surface area contributed by atoms with Crippen LogP contribution in [0.5, 0.6) is 0 Å². The molecule has 2 saturated heterocycles. The highest BCUT2D eigenvalue weighted by molar-refractivity contribution is 5.79. The van der Waals surface area contributed by atoms with E-state index in [1.807, 2.05) is 0 Å². The highest BCUT2D eigenvalue weighted by Gasteiger charge is 2.21. The number of likely N-dealkylation sites (tertiary alicyclic amines) is 1. The Labute approximate surface area is 161 Å². The summed E-state index contributed by atoms with van der Waals surface area (Å²) in [5.74, 6) is 3.57. The van der Waals surface area contributed by atoms with Crippen molar-refractivity contribution in [2.75, 3.05) is 59.5 Å². The SMILES string of the molecule is CCNC(=NCCCN1CC(C)CC(C)C1)N(C)CCC1CCOCC1. The molecular weight excluding hydrogens is 324 g/mol. The van der Waals surface area contributed by atoms with Gasteiger partial charge in [-0.25, -0.2) is 0 Å². The number of piperidine rings is 1. The van der Waals surface area contributed by atoms with Gasteiger partial charge in [0.05, 0.1) is 0 Å². The average Bonchev–Trinajstić information content (AvgIpc) is 2.62. The van der Waals surface area contributed by atoms with Crippen molar-refractivity contribution in [2.45, 2.75) is 52.9 Å². The standard InChI is InChI=1S/C21H42N4O/c1-5-22-21(24(4)12-7-20-8-13-26-14-9-20)23-10-6-11-25-16-18(2)15-19(3)17-25/h18-20H,5-17H2,1-4H3,(H,22,23). The molecule has 2 aliphatic heterocycles. The topological polar surface area (TPSA) is 40.1 Å². The fraction of sp³-hybridized carbons (Fsp3) is 0.952. The summed E-state index contributed by atoms with van der Waals surface area (Å²) in [5, 5.41) is 3.46. The van der Waals surface area contributed by atoms with Gasteiger partial charge in [0.2, 0.25) is 0 Å². The van der Waals surface area contributed by atoms with Crippen LogP contribution >= 0.6 is 0 Å². The lowest BCUT2D eigenvalue weighted by Crippen LogP contribution is -2.41. The highest BCUT2D eigenvalue weighted by atomic mass is 16.5. The van der Waals surface area contributed by atoms with E-state index in [-0.39, 0.29) is 0 Å². The van der Waals surface area contributed by atoms with Gasteiger partial charge in [0.15, 0.2) is 5.96 Å². The van der Waals surface area contributed by atoms with E-state index >= 15 is 0 Å². The minimum absolute atomic E-state index is 0.817. The third-order valence-electron chi connectivity index (χ3n) is 5.75. The van der Waals surface area contributed by atoms with Crippen molar-refractivity contribution in [3.8, 4) is 0 Å². The van der Waals surface area contributed by atoms with Gasteiger partial charge >= 0.3 is 0 Å². The molecule has 0 aromatic rings. The Morgan fingerprint density at radius 2 is 1.88 bits per heavy atom. The lowest BCUT2D eigenvalue weighted by Gasteiger charge is -2.34. The van der Waals surface area contributed by atoms with Crippen molar-refractivity contribution in [3.63, 3.8) is 0 Å². The molecule has 2 heterocycles. The Morgan fingerprint density at radius 3 is 2.54 bits per heavy atom. The molecule has 0 aromatic heterocycles. The Bertz CT molecular complexity index is 399. The monoisotopic (exact) mass is 366 g/mol. The minimum atomic E-state index is 0.817. The molecule has 2 unspecified atom stereocenters. The minimum Gasteiger partial charge on any atom is -0.381 e. The van der Waals surface area contributed by atoms with E-state index < -0.39 is 0 Å². The number of rotatable bonds is 8. The zero-order valence-corrected chi connectivity index (χ0v) is 17.7. The number of aliphatic imine (C=N–C) groups is 1.